The van der Waals surface area contributed by atoms with Gasteiger partial charge in [0.2, 0.25) is 5.91 Å². The fourth-order valence-electron chi connectivity index (χ4n) is 4.06. The molecule has 0 aliphatic heterocycles. The first-order valence-corrected chi connectivity index (χ1v) is 10.8. The molecule has 1 saturated carbocycles. The van der Waals surface area contributed by atoms with Crippen molar-refractivity contribution in [2.75, 3.05) is 7.11 Å². The topological polar surface area (TPSA) is 131 Å². The van der Waals surface area contributed by atoms with E-state index in [-0.39, 0.29) is 24.9 Å². The number of nitrogens with one attached hydrogen (secondary N) is 2. The van der Waals surface area contributed by atoms with E-state index in [1.807, 2.05) is 30.3 Å². The third-order valence-corrected chi connectivity index (χ3v) is 5.80. The van der Waals surface area contributed by atoms with Gasteiger partial charge in [-0.05, 0) is 42.7 Å². The summed E-state index contributed by atoms with van der Waals surface area (Å²) in [6.45, 7) is 0.243. The summed E-state index contributed by atoms with van der Waals surface area (Å²) in [5.74, 6) is -1.83. The lowest BCUT2D eigenvalue weighted by Crippen LogP contribution is -2.68. The number of primary amides is 1. The molecule has 0 unspecified atom stereocenters. The van der Waals surface area contributed by atoms with E-state index in [2.05, 4.69) is 10.7 Å². The first-order valence-electron chi connectivity index (χ1n) is 10.8. The minimum absolute atomic E-state index is 0.104. The number of urea groups is 1. The van der Waals surface area contributed by atoms with Crippen molar-refractivity contribution in [3.63, 3.8) is 0 Å². The van der Waals surface area contributed by atoms with Crippen LogP contribution in [0.4, 0.5) is 4.79 Å². The molecule has 2 aromatic rings. The van der Waals surface area contributed by atoms with Crippen molar-refractivity contribution in [2.45, 2.75) is 44.2 Å². The standard InChI is InChI=1S/C24H28N4O5/c1-33-19-12-10-18(11-13-19)20(29)21(30)28(27-23(25)32)24(14-6-3-7-15-24)22(31)26-16-17-8-4-2-5-9-17/h2,4-5,8-13H,3,6-7,14-16H2,1H3,(H,26,31)(H3,25,27,32). The SMILES string of the molecule is COc1ccc(C(=O)C(=O)N(NC(N)=O)C2(C(=O)NCc3ccccc3)CCCCC2)cc1. The Labute approximate surface area is 192 Å². The number of methoxy groups -OCH3 is 1. The quantitative estimate of drug-likeness (QED) is 0.337. The van der Waals surface area contributed by atoms with Crippen LogP contribution in [0.2, 0.25) is 0 Å². The minimum atomic E-state index is -1.43. The summed E-state index contributed by atoms with van der Waals surface area (Å²) in [5.41, 5.74) is 7.15. The summed E-state index contributed by atoms with van der Waals surface area (Å²) < 4.78 is 5.08. The van der Waals surface area contributed by atoms with Gasteiger partial charge in [-0.15, -0.1) is 0 Å². The predicted octanol–water partition coefficient (Wildman–Crippen LogP) is 2.31. The number of nitrogens with two attached hydrogens (primary N) is 1. The number of amides is 4. The number of ether oxygens (including phenoxy) is 1. The van der Waals surface area contributed by atoms with E-state index in [1.54, 1.807) is 12.1 Å². The summed E-state index contributed by atoms with van der Waals surface area (Å²) in [6, 6.07) is 14.3. The fourth-order valence-corrected chi connectivity index (χ4v) is 4.06. The lowest BCUT2D eigenvalue weighted by molar-refractivity contribution is -0.150. The van der Waals surface area contributed by atoms with Gasteiger partial charge in [-0.3, -0.25) is 14.4 Å². The van der Waals surface area contributed by atoms with E-state index in [0.29, 0.717) is 18.6 Å². The highest BCUT2D eigenvalue weighted by atomic mass is 16.5. The number of rotatable bonds is 7. The van der Waals surface area contributed by atoms with Gasteiger partial charge in [-0.1, -0.05) is 49.6 Å². The van der Waals surface area contributed by atoms with Crippen LogP contribution in [0.3, 0.4) is 0 Å². The molecule has 4 N–H and O–H groups in total. The van der Waals surface area contributed by atoms with Gasteiger partial charge in [0.25, 0.3) is 5.78 Å². The van der Waals surface area contributed by atoms with E-state index >= 15 is 0 Å². The maximum absolute atomic E-state index is 13.4. The van der Waals surface area contributed by atoms with Crippen molar-refractivity contribution >= 4 is 23.6 Å². The molecular formula is C24H28N4O5. The number of carbonyl (C=O) groups excluding carboxylic acids is 4. The summed E-state index contributed by atoms with van der Waals surface area (Å²) >= 11 is 0. The zero-order valence-electron chi connectivity index (χ0n) is 18.5. The molecule has 0 atom stereocenters. The van der Waals surface area contributed by atoms with Crippen molar-refractivity contribution in [3.8, 4) is 5.75 Å². The van der Waals surface area contributed by atoms with E-state index in [0.717, 1.165) is 17.0 Å². The highest BCUT2D eigenvalue weighted by molar-refractivity contribution is 6.43. The van der Waals surface area contributed by atoms with Crippen molar-refractivity contribution in [3.05, 3.63) is 65.7 Å². The van der Waals surface area contributed by atoms with Crippen LogP contribution in [0.25, 0.3) is 0 Å². The van der Waals surface area contributed by atoms with E-state index < -0.39 is 29.2 Å². The summed E-state index contributed by atoms with van der Waals surface area (Å²) in [6.07, 6.45) is 2.75. The average molecular weight is 453 g/mol. The number of benzene rings is 2. The minimum Gasteiger partial charge on any atom is -0.497 e. The molecule has 9 heteroatoms. The second-order valence-electron chi connectivity index (χ2n) is 7.93. The Balaban J connectivity index is 1.90. The first-order chi connectivity index (χ1) is 15.9. The average Bonchev–Trinajstić information content (AvgIpc) is 2.86. The number of nitrogens with zero attached hydrogens (tertiary/aromatic N) is 1. The molecule has 1 aliphatic rings. The molecule has 33 heavy (non-hydrogen) atoms. The molecular weight excluding hydrogens is 424 g/mol. The van der Waals surface area contributed by atoms with Gasteiger partial charge in [0.1, 0.15) is 11.3 Å². The van der Waals surface area contributed by atoms with Crippen molar-refractivity contribution < 1.29 is 23.9 Å². The number of hydrazine groups is 1. The van der Waals surface area contributed by atoms with Gasteiger partial charge in [0.15, 0.2) is 0 Å². The lowest BCUT2D eigenvalue weighted by atomic mass is 9.79. The zero-order chi connectivity index (χ0) is 23.8. The highest BCUT2D eigenvalue weighted by Gasteiger charge is 2.49. The summed E-state index contributed by atoms with van der Waals surface area (Å²) in [5, 5.41) is 3.69. The number of ketones is 1. The number of hydrogen-bond acceptors (Lipinski definition) is 5. The maximum atomic E-state index is 13.4. The molecule has 174 valence electrons. The molecule has 0 saturated heterocycles. The van der Waals surface area contributed by atoms with Crippen LogP contribution >= 0.6 is 0 Å². The predicted molar refractivity (Wildman–Crippen MR) is 121 cm³/mol. The second-order valence-corrected chi connectivity index (χ2v) is 7.93. The van der Waals surface area contributed by atoms with Crippen LogP contribution in [0, 0.1) is 0 Å². The Morgan fingerprint density at radius 2 is 1.61 bits per heavy atom. The molecule has 0 radical (unpaired) electrons. The molecule has 0 bridgehead atoms. The Bertz CT molecular complexity index is 1000. The van der Waals surface area contributed by atoms with E-state index in [1.165, 1.54) is 19.2 Å². The Hall–Kier alpha value is -3.88. The molecule has 1 fully saturated rings. The van der Waals surface area contributed by atoms with Gasteiger partial charge in [0.05, 0.1) is 7.11 Å². The fraction of sp³-hybridized carbons (Fsp3) is 0.333. The summed E-state index contributed by atoms with van der Waals surface area (Å²) in [7, 11) is 1.49. The Morgan fingerprint density at radius 1 is 0.970 bits per heavy atom. The molecule has 0 aromatic heterocycles. The third-order valence-electron chi connectivity index (χ3n) is 5.80. The Morgan fingerprint density at radius 3 is 2.18 bits per heavy atom. The van der Waals surface area contributed by atoms with Crippen LogP contribution in [-0.4, -0.2) is 41.3 Å². The molecule has 9 nitrogen and oxygen atoms in total. The molecule has 0 heterocycles. The van der Waals surface area contributed by atoms with Crippen molar-refractivity contribution in [2.24, 2.45) is 5.73 Å². The number of hydrogen-bond donors (Lipinski definition) is 3. The van der Waals surface area contributed by atoms with Crippen LogP contribution in [0.1, 0.15) is 48.0 Å². The van der Waals surface area contributed by atoms with Crippen LogP contribution < -0.4 is 21.2 Å². The van der Waals surface area contributed by atoms with Gasteiger partial charge in [-0.25, -0.2) is 15.2 Å². The van der Waals surface area contributed by atoms with Crippen LogP contribution in [0.5, 0.6) is 5.75 Å². The van der Waals surface area contributed by atoms with Crippen LogP contribution in [-0.2, 0) is 16.1 Å². The second kappa shape index (κ2) is 10.6. The van der Waals surface area contributed by atoms with Gasteiger partial charge >= 0.3 is 11.9 Å². The first kappa shape index (κ1) is 23.8. The molecule has 2 aromatic carbocycles. The van der Waals surface area contributed by atoms with Crippen molar-refractivity contribution in [1.82, 2.24) is 15.8 Å². The summed E-state index contributed by atoms with van der Waals surface area (Å²) in [4.78, 5) is 51.5. The van der Waals surface area contributed by atoms with Gasteiger partial charge in [0, 0.05) is 12.1 Å². The van der Waals surface area contributed by atoms with Gasteiger partial charge < -0.3 is 15.8 Å². The third kappa shape index (κ3) is 5.49. The monoisotopic (exact) mass is 452 g/mol. The van der Waals surface area contributed by atoms with Crippen LogP contribution in [0.15, 0.2) is 54.6 Å². The zero-order valence-corrected chi connectivity index (χ0v) is 18.5. The molecule has 3 rings (SSSR count). The molecule has 1 aliphatic carbocycles. The number of Topliss-reactive ketones (excluding diaryl/α,β-unsaturated/α-hetero) is 1. The Kier molecular flexibility index (Phi) is 7.66. The number of carbonyl (C=O) groups is 4. The maximum Gasteiger partial charge on any atom is 0.331 e. The lowest BCUT2D eigenvalue weighted by Gasteiger charge is -2.43. The largest absolute Gasteiger partial charge is 0.497 e. The smallest absolute Gasteiger partial charge is 0.331 e. The molecule has 0 spiro atoms. The van der Waals surface area contributed by atoms with E-state index in [4.69, 9.17) is 10.5 Å². The molecule has 4 amide bonds. The van der Waals surface area contributed by atoms with Crippen molar-refractivity contribution in [1.29, 1.82) is 0 Å². The highest BCUT2D eigenvalue weighted by Crippen LogP contribution is 2.34. The normalized spacial score (nSPS) is 14.6. The van der Waals surface area contributed by atoms with Gasteiger partial charge in [-0.2, -0.15) is 0 Å². The van der Waals surface area contributed by atoms with E-state index in [9.17, 15) is 19.2 Å².